The van der Waals surface area contributed by atoms with E-state index in [0.717, 1.165) is 12.6 Å². The van der Waals surface area contributed by atoms with Gasteiger partial charge in [-0.2, -0.15) is 11.8 Å². The lowest BCUT2D eigenvalue weighted by atomic mass is 10.1. The normalized spacial score (nSPS) is 27.8. The SMILES string of the molecule is CSCCCC(CN)N1CCC(N2CCCCC2)C1. The summed E-state index contributed by atoms with van der Waals surface area (Å²) in [6.45, 7) is 6.03. The summed E-state index contributed by atoms with van der Waals surface area (Å²) in [4.78, 5) is 5.40. The molecule has 2 heterocycles. The molecule has 112 valence electrons. The summed E-state index contributed by atoms with van der Waals surface area (Å²) in [6, 6.07) is 1.44. The quantitative estimate of drug-likeness (QED) is 0.725. The van der Waals surface area contributed by atoms with E-state index in [1.807, 2.05) is 11.8 Å². The fourth-order valence-corrected chi connectivity index (χ4v) is 4.05. The Balaban J connectivity index is 1.75. The lowest BCUT2D eigenvalue weighted by Crippen LogP contribution is -2.44. The van der Waals surface area contributed by atoms with Crippen molar-refractivity contribution in [2.24, 2.45) is 5.73 Å². The summed E-state index contributed by atoms with van der Waals surface area (Å²) in [6.07, 6.45) is 10.4. The van der Waals surface area contributed by atoms with E-state index in [1.165, 1.54) is 70.5 Å². The highest BCUT2D eigenvalue weighted by Gasteiger charge is 2.31. The molecule has 0 spiro atoms. The van der Waals surface area contributed by atoms with Crippen molar-refractivity contribution in [3.63, 3.8) is 0 Å². The molecule has 2 fully saturated rings. The van der Waals surface area contributed by atoms with Crippen LogP contribution in [0.2, 0.25) is 0 Å². The number of nitrogens with two attached hydrogens (primary N) is 1. The van der Waals surface area contributed by atoms with Crippen LogP contribution in [0.25, 0.3) is 0 Å². The smallest absolute Gasteiger partial charge is 0.0235 e. The minimum Gasteiger partial charge on any atom is -0.329 e. The molecule has 0 bridgehead atoms. The predicted octanol–water partition coefficient (Wildman–Crippen LogP) is 2.02. The van der Waals surface area contributed by atoms with Gasteiger partial charge in [0.1, 0.15) is 0 Å². The second-order valence-corrected chi connectivity index (χ2v) is 7.04. The Morgan fingerprint density at radius 1 is 1.21 bits per heavy atom. The Morgan fingerprint density at radius 2 is 2.00 bits per heavy atom. The van der Waals surface area contributed by atoms with Crippen LogP contribution in [0.3, 0.4) is 0 Å². The van der Waals surface area contributed by atoms with Crippen molar-refractivity contribution in [3.8, 4) is 0 Å². The number of piperidine rings is 1. The summed E-state index contributed by atoms with van der Waals surface area (Å²) >= 11 is 1.95. The molecule has 0 saturated carbocycles. The fourth-order valence-electron chi connectivity index (χ4n) is 3.59. The van der Waals surface area contributed by atoms with Crippen LogP contribution in [0, 0.1) is 0 Å². The van der Waals surface area contributed by atoms with E-state index >= 15 is 0 Å². The van der Waals surface area contributed by atoms with E-state index in [2.05, 4.69) is 16.1 Å². The minimum atomic E-state index is 0.627. The first-order chi connectivity index (χ1) is 9.35. The first kappa shape index (κ1) is 15.6. The summed E-state index contributed by atoms with van der Waals surface area (Å²) in [7, 11) is 0. The van der Waals surface area contributed by atoms with Gasteiger partial charge < -0.3 is 5.73 Å². The zero-order chi connectivity index (χ0) is 13.5. The molecule has 0 aromatic heterocycles. The van der Waals surface area contributed by atoms with Crippen LogP contribution in [0.1, 0.15) is 38.5 Å². The zero-order valence-corrected chi connectivity index (χ0v) is 13.3. The molecule has 4 heteroatoms. The topological polar surface area (TPSA) is 32.5 Å². The third-order valence-electron chi connectivity index (χ3n) is 4.78. The second-order valence-electron chi connectivity index (χ2n) is 6.06. The van der Waals surface area contributed by atoms with E-state index in [0.29, 0.717) is 6.04 Å². The van der Waals surface area contributed by atoms with Crippen LogP contribution < -0.4 is 5.73 Å². The Bertz CT molecular complexity index is 244. The maximum atomic E-state index is 6.00. The minimum absolute atomic E-state index is 0.627. The Labute approximate surface area is 123 Å². The van der Waals surface area contributed by atoms with Crippen molar-refractivity contribution in [1.29, 1.82) is 0 Å². The molecule has 2 N–H and O–H groups in total. The maximum Gasteiger partial charge on any atom is 0.0235 e. The van der Waals surface area contributed by atoms with Crippen molar-refractivity contribution in [1.82, 2.24) is 9.80 Å². The van der Waals surface area contributed by atoms with Gasteiger partial charge in [-0.25, -0.2) is 0 Å². The number of nitrogens with zero attached hydrogens (tertiary/aromatic N) is 2. The summed E-state index contributed by atoms with van der Waals surface area (Å²) in [5.41, 5.74) is 6.00. The Morgan fingerprint density at radius 3 is 2.68 bits per heavy atom. The molecular formula is C15H31N3S. The maximum absolute atomic E-state index is 6.00. The first-order valence-electron chi connectivity index (χ1n) is 8.02. The molecule has 0 aromatic carbocycles. The van der Waals surface area contributed by atoms with E-state index in [9.17, 15) is 0 Å². The molecule has 2 atom stereocenters. The molecule has 0 amide bonds. The standard InChI is InChI=1S/C15H31N3S/c1-19-11-5-6-14(12-16)18-10-7-15(13-18)17-8-3-2-4-9-17/h14-15H,2-13,16H2,1H3. The van der Waals surface area contributed by atoms with Gasteiger partial charge in [-0.1, -0.05) is 6.42 Å². The lowest BCUT2D eigenvalue weighted by molar-refractivity contribution is 0.150. The van der Waals surface area contributed by atoms with Gasteiger partial charge in [0.15, 0.2) is 0 Å². The van der Waals surface area contributed by atoms with Crippen LogP contribution >= 0.6 is 11.8 Å². The molecule has 0 aliphatic carbocycles. The monoisotopic (exact) mass is 285 g/mol. The summed E-state index contributed by atoms with van der Waals surface area (Å²) in [5, 5.41) is 0. The number of hydrogen-bond acceptors (Lipinski definition) is 4. The highest BCUT2D eigenvalue weighted by molar-refractivity contribution is 7.98. The van der Waals surface area contributed by atoms with Gasteiger partial charge in [0.05, 0.1) is 0 Å². The molecule has 19 heavy (non-hydrogen) atoms. The Kier molecular flexibility index (Phi) is 6.99. The molecule has 0 aromatic rings. The van der Waals surface area contributed by atoms with Crippen LogP contribution in [0.15, 0.2) is 0 Å². The second kappa shape index (κ2) is 8.50. The molecule has 2 aliphatic rings. The number of rotatable bonds is 7. The molecular weight excluding hydrogens is 254 g/mol. The van der Waals surface area contributed by atoms with Gasteiger partial charge in [-0.3, -0.25) is 9.80 Å². The summed E-state index contributed by atoms with van der Waals surface area (Å²) in [5.74, 6) is 1.28. The Hall–Kier alpha value is 0.230. The van der Waals surface area contributed by atoms with Gasteiger partial charge >= 0.3 is 0 Å². The lowest BCUT2D eigenvalue weighted by Gasteiger charge is -2.33. The molecule has 2 rings (SSSR count). The predicted molar refractivity (Wildman–Crippen MR) is 85.9 cm³/mol. The number of likely N-dealkylation sites (tertiary alicyclic amines) is 2. The summed E-state index contributed by atoms with van der Waals surface area (Å²) < 4.78 is 0. The van der Waals surface area contributed by atoms with Gasteiger partial charge in [0.25, 0.3) is 0 Å². The fraction of sp³-hybridized carbons (Fsp3) is 1.00. The van der Waals surface area contributed by atoms with Crippen LogP contribution in [-0.2, 0) is 0 Å². The average Bonchev–Trinajstić information content (AvgIpc) is 2.94. The van der Waals surface area contributed by atoms with Crippen LogP contribution in [-0.4, -0.2) is 66.6 Å². The molecule has 2 saturated heterocycles. The van der Waals surface area contributed by atoms with E-state index in [4.69, 9.17) is 5.73 Å². The highest BCUT2D eigenvalue weighted by Crippen LogP contribution is 2.22. The van der Waals surface area contributed by atoms with Crippen LogP contribution in [0.5, 0.6) is 0 Å². The third kappa shape index (κ3) is 4.62. The third-order valence-corrected chi connectivity index (χ3v) is 5.47. The largest absolute Gasteiger partial charge is 0.329 e. The van der Waals surface area contributed by atoms with E-state index in [1.54, 1.807) is 0 Å². The van der Waals surface area contributed by atoms with Crippen molar-refractivity contribution < 1.29 is 0 Å². The average molecular weight is 286 g/mol. The van der Waals surface area contributed by atoms with Gasteiger partial charge in [0.2, 0.25) is 0 Å². The number of thioether (sulfide) groups is 1. The number of hydrogen-bond donors (Lipinski definition) is 1. The van der Waals surface area contributed by atoms with Crippen LogP contribution in [0.4, 0.5) is 0 Å². The zero-order valence-electron chi connectivity index (χ0n) is 12.5. The van der Waals surface area contributed by atoms with E-state index in [-0.39, 0.29) is 0 Å². The van der Waals surface area contributed by atoms with Crippen molar-refractivity contribution in [3.05, 3.63) is 0 Å². The van der Waals surface area contributed by atoms with Crippen molar-refractivity contribution >= 4 is 11.8 Å². The molecule has 0 radical (unpaired) electrons. The van der Waals surface area contributed by atoms with E-state index < -0.39 is 0 Å². The highest BCUT2D eigenvalue weighted by atomic mass is 32.2. The van der Waals surface area contributed by atoms with Gasteiger partial charge in [0, 0.05) is 31.7 Å². The van der Waals surface area contributed by atoms with Crippen molar-refractivity contribution in [2.75, 3.05) is 44.7 Å². The molecule has 3 nitrogen and oxygen atoms in total. The molecule has 2 unspecified atom stereocenters. The van der Waals surface area contributed by atoms with Gasteiger partial charge in [-0.05, 0) is 57.2 Å². The molecule has 2 aliphatic heterocycles. The van der Waals surface area contributed by atoms with Crippen molar-refractivity contribution in [2.45, 2.75) is 50.6 Å². The first-order valence-corrected chi connectivity index (χ1v) is 9.41. The van der Waals surface area contributed by atoms with Gasteiger partial charge in [-0.15, -0.1) is 0 Å².